The van der Waals surface area contributed by atoms with Crippen molar-refractivity contribution < 1.29 is 8.42 Å². The molecule has 2 rings (SSSR count). The molecule has 1 aliphatic carbocycles. The van der Waals surface area contributed by atoms with E-state index in [4.69, 9.17) is 5.73 Å². The molecular weight excluding hydrogens is 354 g/mol. The molecule has 21 heavy (non-hydrogen) atoms. The fourth-order valence-electron chi connectivity index (χ4n) is 2.32. The van der Waals surface area contributed by atoms with Gasteiger partial charge in [0.2, 0.25) is 10.0 Å². The van der Waals surface area contributed by atoms with Gasteiger partial charge < -0.3 is 5.73 Å². The number of nitrogens with zero attached hydrogens (tertiary/aromatic N) is 1. The van der Waals surface area contributed by atoms with E-state index in [0.717, 1.165) is 18.7 Å². The Morgan fingerprint density at radius 2 is 2.14 bits per heavy atom. The third kappa shape index (κ3) is 4.50. The van der Waals surface area contributed by atoms with Gasteiger partial charge >= 0.3 is 0 Å². The summed E-state index contributed by atoms with van der Waals surface area (Å²) in [5.41, 5.74) is 6.37. The predicted molar refractivity (Wildman–Crippen MR) is 87.5 cm³/mol. The lowest BCUT2D eigenvalue weighted by molar-refractivity contribution is 0.282. The SMILES string of the molecule is CCN(CCNS(=O)(=O)c1cc(CN)ccc1Br)C1CC1. The van der Waals surface area contributed by atoms with Crippen LogP contribution in [0.15, 0.2) is 27.6 Å². The van der Waals surface area contributed by atoms with Gasteiger partial charge in [0.25, 0.3) is 0 Å². The van der Waals surface area contributed by atoms with Crippen LogP contribution in [-0.2, 0) is 16.6 Å². The Morgan fingerprint density at radius 3 is 2.71 bits per heavy atom. The summed E-state index contributed by atoms with van der Waals surface area (Å²) in [6.07, 6.45) is 2.45. The third-order valence-electron chi connectivity index (χ3n) is 3.68. The first-order valence-electron chi connectivity index (χ1n) is 7.20. The minimum Gasteiger partial charge on any atom is -0.326 e. The van der Waals surface area contributed by atoms with Gasteiger partial charge in [-0.3, -0.25) is 4.90 Å². The minimum atomic E-state index is -3.51. The van der Waals surface area contributed by atoms with E-state index in [2.05, 4.69) is 32.5 Å². The normalized spacial score (nSPS) is 15.6. The van der Waals surface area contributed by atoms with Crippen molar-refractivity contribution in [3.8, 4) is 0 Å². The van der Waals surface area contributed by atoms with Crippen LogP contribution in [-0.4, -0.2) is 39.0 Å². The van der Waals surface area contributed by atoms with E-state index in [9.17, 15) is 8.42 Å². The monoisotopic (exact) mass is 375 g/mol. The number of likely N-dealkylation sites (N-methyl/N-ethyl adjacent to an activating group) is 1. The molecule has 0 heterocycles. The number of hydrogen-bond donors (Lipinski definition) is 2. The second-order valence-electron chi connectivity index (χ2n) is 5.23. The first-order chi connectivity index (χ1) is 9.97. The van der Waals surface area contributed by atoms with Crippen molar-refractivity contribution in [2.24, 2.45) is 5.73 Å². The van der Waals surface area contributed by atoms with Gasteiger partial charge in [-0.25, -0.2) is 13.1 Å². The van der Waals surface area contributed by atoms with E-state index in [-0.39, 0.29) is 4.90 Å². The number of nitrogens with one attached hydrogen (secondary N) is 1. The second kappa shape index (κ2) is 7.19. The van der Waals surface area contributed by atoms with Crippen LogP contribution < -0.4 is 10.5 Å². The van der Waals surface area contributed by atoms with Crippen molar-refractivity contribution in [2.45, 2.75) is 37.2 Å². The lowest BCUT2D eigenvalue weighted by Crippen LogP contribution is -2.36. The molecular formula is C14H22BrN3O2S. The Labute approximate surface area is 135 Å². The fraction of sp³-hybridized carbons (Fsp3) is 0.571. The van der Waals surface area contributed by atoms with Gasteiger partial charge in [-0.2, -0.15) is 0 Å². The van der Waals surface area contributed by atoms with Crippen molar-refractivity contribution in [3.63, 3.8) is 0 Å². The molecule has 1 aromatic rings. The van der Waals surface area contributed by atoms with E-state index in [1.165, 1.54) is 12.8 Å². The molecule has 7 heteroatoms. The van der Waals surface area contributed by atoms with Crippen LogP contribution in [0.1, 0.15) is 25.3 Å². The summed E-state index contributed by atoms with van der Waals surface area (Å²) in [5, 5.41) is 0. The maximum atomic E-state index is 12.4. The minimum absolute atomic E-state index is 0.250. The molecule has 5 nitrogen and oxygen atoms in total. The van der Waals surface area contributed by atoms with Crippen molar-refractivity contribution in [1.82, 2.24) is 9.62 Å². The van der Waals surface area contributed by atoms with Crippen LogP contribution in [0.3, 0.4) is 0 Å². The van der Waals surface area contributed by atoms with Gasteiger partial charge in [-0.1, -0.05) is 13.0 Å². The third-order valence-corrected chi connectivity index (χ3v) is 6.14. The molecule has 118 valence electrons. The average molecular weight is 376 g/mol. The van der Waals surface area contributed by atoms with E-state index < -0.39 is 10.0 Å². The molecule has 1 fully saturated rings. The van der Waals surface area contributed by atoms with Crippen molar-refractivity contribution in [1.29, 1.82) is 0 Å². The van der Waals surface area contributed by atoms with Crippen LogP contribution in [0.2, 0.25) is 0 Å². The molecule has 0 spiro atoms. The highest BCUT2D eigenvalue weighted by molar-refractivity contribution is 9.10. The maximum absolute atomic E-state index is 12.4. The number of halogens is 1. The summed E-state index contributed by atoms with van der Waals surface area (Å²) in [4.78, 5) is 2.56. The number of hydrogen-bond acceptors (Lipinski definition) is 4. The van der Waals surface area contributed by atoms with Gasteiger partial charge in [0.05, 0.1) is 4.90 Å². The first kappa shape index (κ1) is 16.9. The average Bonchev–Trinajstić information content (AvgIpc) is 3.28. The Hall–Kier alpha value is -0.470. The zero-order chi connectivity index (χ0) is 15.5. The van der Waals surface area contributed by atoms with E-state index in [1.54, 1.807) is 12.1 Å². The largest absolute Gasteiger partial charge is 0.326 e. The Kier molecular flexibility index (Phi) is 5.79. The van der Waals surface area contributed by atoms with Gasteiger partial charge in [-0.05, 0) is 53.0 Å². The Bertz CT molecular complexity index is 588. The molecule has 0 atom stereocenters. The highest BCUT2D eigenvalue weighted by atomic mass is 79.9. The topological polar surface area (TPSA) is 75.4 Å². The lowest BCUT2D eigenvalue weighted by atomic mass is 10.2. The van der Waals surface area contributed by atoms with Crippen LogP contribution >= 0.6 is 15.9 Å². The smallest absolute Gasteiger partial charge is 0.241 e. The molecule has 3 N–H and O–H groups in total. The fourth-order valence-corrected chi connectivity index (χ4v) is 4.35. The summed E-state index contributed by atoms with van der Waals surface area (Å²) in [5.74, 6) is 0. The molecule has 1 saturated carbocycles. The molecule has 0 radical (unpaired) electrons. The van der Waals surface area contributed by atoms with Crippen LogP contribution in [0.4, 0.5) is 0 Å². The lowest BCUT2D eigenvalue weighted by Gasteiger charge is -2.20. The van der Waals surface area contributed by atoms with Gasteiger partial charge in [0, 0.05) is 30.1 Å². The van der Waals surface area contributed by atoms with E-state index in [1.807, 2.05) is 6.07 Å². The maximum Gasteiger partial charge on any atom is 0.241 e. The van der Waals surface area contributed by atoms with Gasteiger partial charge in [0.1, 0.15) is 0 Å². The molecule has 0 bridgehead atoms. The molecule has 0 aliphatic heterocycles. The summed E-state index contributed by atoms with van der Waals surface area (Å²) in [6, 6.07) is 5.80. The molecule has 0 amide bonds. The van der Waals surface area contributed by atoms with Crippen LogP contribution in [0.25, 0.3) is 0 Å². The van der Waals surface area contributed by atoms with Crippen LogP contribution in [0.5, 0.6) is 0 Å². The van der Waals surface area contributed by atoms with Crippen molar-refractivity contribution in [2.75, 3.05) is 19.6 Å². The molecule has 0 unspecified atom stereocenters. The van der Waals surface area contributed by atoms with E-state index in [0.29, 0.717) is 23.6 Å². The summed E-state index contributed by atoms with van der Waals surface area (Å²) in [7, 11) is -3.51. The van der Waals surface area contributed by atoms with Gasteiger partial charge in [-0.15, -0.1) is 0 Å². The number of nitrogens with two attached hydrogens (primary N) is 1. The van der Waals surface area contributed by atoms with Crippen LogP contribution in [0, 0.1) is 0 Å². The highest BCUT2D eigenvalue weighted by Crippen LogP contribution is 2.26. The first-order valence-corrected chi connectivity index (χ1v) is 9.47. The predicted octanol–water partition coefficient (Wildman–Crippen LogP) is 1.67. The number of sulfonamides is 1. The van der Waals surface area contributed by atoms with Crippen molar-refractivity contribution >= 4 is 26.0 Å². The molecule has 0 saturated heterocycles. The Balaban J connectivity index is 2.00. The standard InChI is InChI=1S/C14H22BrN3O2S/c1-2-18(12-4-5-12)8-7-17-21(19,20)14-9-11(10-16)3-6-13(14)15/h3,6,9,12,17H,2,4-5,7-8,10,16H2,1H3. The quantitative estimate of drug-likeness (QED) is 0.724. The molecule has 1 aromatic carbocycles. The zero-order valence-corrected chi connectivity index (χ0v) is 14.6. The summed E-state index contributed by atoms with van der Waals surface area (Å²) < 4.78 is 28.0. The zero-order valence-electron chi connectivity index (χ0n) is 12.2. The number of rotatable bonds is 8. The molecule has 1 aliphatic rings. The van der Waals surface area contributed by atoms with Crippen molar-refractivity contribution in [3.05, 3.63) is 28.2 Å². The second-order valence-corrected chi connectivity index (χ2v) is 7.82. The number of benzene rings is 1. The summed E-state index contributed by atoms with van der Waals surface area (Å²) >= 11 is 3.29. The van der Waals surface area contributed by atoms with Gasteiger partial charge in [0.15, 0.2) is 0 Å². The van der Waals surface area contributed by atoms with E-state index >= 15 is 0 Å². The summed E-state index contributed by atoms with van der Waals surface area (Å²) in [6.45, 7) is 4.55. The molecule has 0 aromatic heterocycles. The highest BCUT2D eigenvalue weighted by Gasteiger charge is 2.27. The Morgan fingerprint density at radius 1 is 1.43 bits per heavy atom.